The van der Waals surface area contributed by atoms with E-state index in [2.05, 4.69) is 11.6 Å². The third-order valence-corrected chi connectivity index (χ3v) is 4.74. The van der Waals surface area contributed by atoms with Crippen molar-refractivity contribution in [2.45, 2.75) is 37.1 Å². The van der Waals surface area contributed by atoms with Crippen LogP contribution in [0.15, 0.2) is 29.2 Å². The summed E-state index contributed by atoms with van der Waals surface area (Å²) in [5.41, 5.74) is 5.63. The van der Waals surface area contributed by atoms with Gasteiger partial charge in [0.2, 0.25) is 10.0 Å². The number of hydrogen-bond acceptors (Lipinski definition) is 5. The molecular weight excluding hydrogens is 304 g/mol. The summed E-state index contributed by atoms with van der Waals surface area (Å²) in [5.74, 6) is 0.609. The zero-order valence-electron chi connectivity index (χ0n) is 13.2. The van der Waals surface area contributed by atoms with E-state index in [9.17, 15) is 8.42 Å². The van der Waals surface area contributed by atoms with Gasteiger partial charge in [-0.05, 0) is 30.7 Å². The first-order valence-corrected chi connectivity index (χ1v) is 8.96. The van der Waals surface area contributed by atoms with E-state index in [4.69, 9.17) is 15.2 Å². The van der Waals surface area contributed by atoms with Gasteiger partial charge in [0, 0.05) is 19.7 Å². The van der Waals surface area contributed by atoms with Crippen molar-refractivity contribution >= 4 is 10.0 Å². The molecule has 1 unspecified atom stereocenters. The number of ether oxygens (including phenoxy) is 2. The highest BCUT2D eigenvalue weighted by molar-refractivity contribution is 7.89. The van der Waals surface area contributed by atoms with Gasteiger partial charge in [0.1, 0.15) is 12.4 Å². The van der Waals surface area contributed by atoms with Gasteiger partial charge in [-0.1, -0.05) is 19.8 Å². The first-order valence-electron chi connectivity index (χ1n) is 7.47. The minimum atomic E-state index is -3.55. The van der Waals surface area contributed by atoms with Gasteiger partial charge in [-0.15, -0.1) is 0 Å². The number of nitrogens with one attached hydrogen (secondary N) is 1. The van der Waals surface area contributed by atoms with Crippen LogP contribution >= 0.6 is 0 Å². The Morgan fingerprint density at radius 1 is 1.23 bits per heavy atom. The topological polar surface area (TPSA) is 90.7 Å². The van der Waals surface area contributed by atoms with Gasteiger partial charge in [-0.3, -0.25) is 0 Å². The predicted molar refractivity (Wildman–Crippen MR) is 86.5 cm³/mol. The number of unbranched alkanes of at least 4 members (excludes halogenated alkanes) is 1. The van der Waals surface area contributed by atoms with Crippen LogP contribution in [0.3, 0.4) is 0 Å². The van der Waals surface area contributed by atoms with Crippen LogP contribution in [-0.4, -0.2) is 41.3 Å². The van der Waals surface area contributed by atoms with Crippen LogP contribution in [0, 0.1) is 0 Å². The Kier molecular flexibility index (Phi) is 8.40. The SMILES string of the molecule is CCCCC(CN)NS(=O)(=O)c1ccc(OCCOC)cc1. The van der Waals surface area contributed by atoms with E-state index in [0.29, 0.717) is 19.0 Å². The van der Waals surface area contributed by atoms with Gasteiger partial charge in [-0.25, -0.2) is 13.1 Å². The lowest BCUT2D eigenvalue weighted by Crippen LogP contribution is -2.40. The molecule has 0 aliphatic rings. The maximum Gasteiger partial charge on any atom is 0.240 e. The molecule has 0 heterocycles. The maximum atomic E-state index is 12.3. The van der Waals surface area contributed by atoms with E-state index in [1.165, 1.54) is 12.1 Å². The molecule has 0 saturated heterocycles. The Hall–Kier alpha value is -1.15. The first kappa shape index (κ1) is 18.9. The van der Waals surface area contributed by atoms with Gasteiger partial charge >= 0.3 is 0 Å². The van der Waals surface area contributed by atoms with Crippen LogP contribution in [0.25, 0.3) is 0 Å². The van der Waals surface area contributed by atoms with Crippen molar-refractivity contribution in [3.8, 4) is 5.75 Å². The molecule has 22 heavy (non-hydrogen) atoms. The highest BCUT2D eigenvalue weighted by Crippen LogP contribution is 2.16. The normalized spacial score (nSPS) is 13.0. The molecule has 0 radical (unpaired) electrons. The fourth-order valence-corrected chi connectivity index (χ4v) is 3.20. The largest absolute Gasteiger partial charge is 0.491 e. The van der Waals surface area contributed by atoms with Crippen molar-refractivity contribution in [1.29, 1.82) is 0 Å². The van der Waals surface area contributed by atoms with Crippen LogP contribution in [0.1, 0.15) is 26.2 Å². The summed E-state index contributed by atoms with van der Waals surface area (Å²) in [5, 5.41) is 0. The van der Waals surface area contributed by atoms with Crippen molar-refractivity contribution in [2.24, 2.45) is 5.73 Å². The molecule has 3 N–H and O–H groups in total. The summed E-state index contributed by atoms with van der Waals surface area (Å²) in [6.45, 7) is 3.26. The molecule has 0 amide bonds. The molecule has 1 rings (SSSR count). The van der Waals surface area contributed by atoms with E-state index in [-0.39, 0.29) is 17.5 Å². The molecule has 0 aromatic heterocycles. The quantitative estimate of drug-likeness (QED) is 0.600. The van der Waals surface area contributed by atoms with Crippen molar-refractivity contribution in [3.05, 3.63) is 24.3 Å². The van der Waals surface area contributed by atoms with E-state index in [1.807, 2.05) is 0 Å². The third-order valence-electron chi connectivity index (χ3n) is 3.20. The molecule has 0 fully saturated rings. The number of methoxy groups -OCH3 is 1. The zero-order chi connectivity index (χ0) is 16.4. The summed E-state index contributed by atoms with van der Waals surface area (Å²) in [6.07, 6.45) is 2.69. The fraction of sp³-hybridized carbons (Fsp3) is 0.600. The molecule has 0 bridgehead atoms. The lowest BCUT2D eigenvalue weighted by molar-refractivity contribution is 0.146. The number of hydrogen-bond donors (Lipinski definition) is 2. The second kappa shape index (κ2) is 9.78. The van der Waals surface area contributed by atoms with E-state index in [0.717, 1.165) is 19.3 Å². The van der Waals surface area contributed by atoms with Crippen LogP contribution in [-0.2, 0) is 14.8 Å². The molecule has 6 nitrogen and oxygen atoms in total. The molecule has 7 heteroatoms. The average Bonchev–Trinajstić information content (AvgIpc) is 2.52. The van der Waals surface area contributed by atoms with Crippen molar-refractivity contribution in [1.82, 2.24) is 4.72 Å². The van der Waals surface area contributed by atoms with Crippen LogP contribution in [0.4, 0.5) is 0 Å². The van der Waals surface area contributed by atoms with Crippen molar-refractivity contribution in [2.75, 3.05) is 26.9 Å². The Balaban J connectivity index is 2.67. The van der Waals surface area contributed by atoms with Crippen LogP contribution in [0.5, 0.6) is 5.75 Å². The summed E-state index contributed by atoms with van der Waals surface area (Å²) in [7, 11) is -1.96. The Morgan fingerprint density at radius 2 is 1.91 bits per heavy atom. The second-order valence-electron chi connectivity index (χ2n) is 5.01. The van der Waals surface area contributed by atoms with Crippen molar-refractivity contribution < 1.29 is 17.9 Å². The number of benzene rings is 1. The molecule has 1 atom stereocenters. The van der Waals surface area contributed by atoms with Gasteiger partial charge in [0.25, 0.3) is 0 Å². The van der Waals surface area contributed by atoms with E-state index >= 15 is 0 Å². The molecule has 126 valence electrons. The van der Waals surface area contributed by atoms with Crippen molar-refractivity contribution in [3.63, 3.8) is 0 Å². The Labute approximate surface area is 133 Å². The van der Waals surface area contributed by atoms with E-state index < -0.39 is 10.0 Å². The average molecular weight is 330 g/mol. The second-order valence-corrected chi connectivity index (χ2v) is 6.72. The lowest BCUT2D eigenvalue weighted by atomic mass is 10.1. The van der Waals surface area contributed by atoms with Crippen LogP contribution in [0.2, 0.25) is 0 Å². The molecule has 0 spiro atoms. The zero-order valence-corrected chi connectivity index (χ0v) is 14.1. The van der Waals surface area contributed by atoms with Gasteiger partial charge in [-0.2, -0.15) is 0 Å². The maximum absolute atomic E-state index is 12.3. The van der Waals surface area contributed by atoms with Gasteiger partial charge < -0.3 is 15.2 Å². The highest BCUT2D eigenvalue weighted by Gasteiger charge is 2.18. The van der Waals surface area contributed by atoms with E-state index in [1.54, 1.807) is 19.2 Å². The molecule has 0 aliphatic heterocycles. The number of sulfonamides is 1. The summed E-state index contributed by atoms with van der Waals surface area (Å²) in [4.78, 5) is 0.210. The van der Waals surface area contributed by atoms with Gasteiger partial charge in [0.15, 0.2) is 0 Å². The first-order chi connectivity index (χ1) is 10.5. The smallest absolute Gasteiger partial charge is 0.240 e. The Bertz CT molecular complexity index is 517. The minimum Gasteiger partial charge on any atom is -0.491 e. The number of rotatable bonds is 11. The lowest BCUT2D eigenvalue weighted by Gasteiger charge is -2.16. The summed E-state index contributed by atoms with van der Waals surface area (Å²) >= 11 is 0. The molecule has 1 aromatic rings. The third kappa shape index (κ3) is 6.31. The standard InChI is InChI=1S/C15H26N2O4S/c1-3-4-5-13(12-16)17-22(18,19)15-8-6-14(7-9-15)21-11-10-20-2/h6-9,13,17H,3-5,10-12,16H2,1-2H3. The number of nitrogens with two attached hydrogens (primary N) is 1. The molecule has 0 saturated carbocycles. The summed E-state index contributed by atoms with van der Waals surface area (Å²) < 4.78 is 37.6. The molecular formula is C15H26N2O4S. The Morgan fingerprint density at radius 3 is 2.45 bits per heavy atom. The minimum absolute atomic E-state index is 0.210. The monoisotopic (exact) mass is 330 g/mol. The fourth-order valence-electron chi connectivity index (χ4n) is 1.92. The highest BCUT2D eigenvalue weighted by atomic mass is 32.2. The molecule has 0 aliphatic carbocycles. The molecule has 1 aromatic carbocycles. The predicted octanol–water partition coefficient (Wildman–Crippen LogP) is 1.51. The summed E-state index contributed by atoms with van der Waals surface area (Å²) in [6, 6.07) is 6.08. The van der Waals surface area contributed by atoms with Crippen LogP contribution < -0.4 is 15.2 Å². The van der Waals surface area contributed by atoms with Gasteiger partial charge in [0.05, 0.1) is 11.5 Å².